The van der Waals surface area contributed by atoms with Crippen molar-refractivity contribution in [1.82, 2.24) is 26.2 Å². The molecule has 6 atom stereocenters. The summed E-state index contributed by atoms with van der Waals surface area (Å²) in [6.45, 7) is 15.7. The highest BCUT2D eigenvalue weighted by Gasteiger charge is 2.40. The van der Waals surface area contributed by atoms with Crippen LogP contribution in [0, 0.1) is 17.8 Å². The maximum absolute atomic E-state index is 14.1. The molecule has 15 heteroatoms. The normalized spacial score (nSPS) is 17.6. The monoisotopic (exact) mass is 693 g/mol. The zero-order valence-electron chi connectivity index (χ0n) is 30.8. The number of ketones is 1. The van der Waals surface area contributed by atoms with Crippen LogP contribution in [0.1, 0.15) is 107 Å². The van der Waals surface area contributed by atoms with E-state index in [-0.39, 0.29) is 54.9 Å². The summed E-state index contributed by atoms with van der Waals surface area (Å²) in [5.74, 6) is -3.32. The zero-order valence-corrected chi connectivity index (χ0v) is 30.8. The Morgan fingerprint density at radius 3 is 2.00 bits per heavy atom. The number of unbranched alkanes of at least 4 members (excludes halogenated alkanes) is 1. The summed E-state index contributed by atoms with van der Waals surface area (Å²) < 4.78 is 0. The Bertz CT molecular complexity index is 1150. The van der Waals surface area contributed by atoms with Crippen molar-refractivity contribution in [2.24, 2.45) is 39.9 Å². The molecular formula is C34H63N9O6. The molecule has 0 spiro atoms. The molecule has 1 aliphatic rings. The third kappa shape index (κ3) is 15.1. The standard InChI is InChI=1S/C34H63N9O6/c1-9-22(8)28(39-21(6)7)32(48)42-25(17-19(2)3)30(46)40-23(13-10-11-15-38-34(36)37)33(49)43-16-12-14-26(43)31(47)41-24(18-27(35)44)29(45)20(4)5/h19-26,28,39H,9-18H2,1-8H3,(H2,35,44)(H,40,46)(H,41,47)(H,42,48)(H4,36,37,38)/t22-,23-,24-,25-,26-,28-/m0/s1. The minimum atomic E-state index is -1.11. The molecular weight excluding hydrogens is 630 g/mol. The fourth-order valence-electron chi connectivity index (χ4n) is 5.85. The van der Waals surface area contributed by atoms with Gasteiger partial charge >= 0.3 is 0 Å². The van der Waals surface area contributed by atoms with Crippen LogP contribution in [0.2, 0.25) is 0 Å². The molecule has 1 saturated heterocycles. The molecule has 0 aromatic rings. The predicted molar refractivity (Wildman–Crippen MR) is 190 cm³/mol. The van der Waals surface area contributed by atoms with E-state index in [1.54, 1.807) is 13.8 Å². The van der Waals surface area contributed by atoms with Gasteiger partial charge in [0, 0.05) is 25.0 Å². The van der Waals surface area contributed by atoms with Gasteiger partial charge in [0.15, 0.2) is 11.7 Å². The van der Waals surface area contributed by atoms with Gasteiger partial charge in [-0.15, -0.1) is 0 Å². The van der Waals surface area contributed by atoms with Crippen LogP contribution in [0.3, 0.4) is 0 Å². The molecule has 10 N–H and O–H groups in total. The lowest BCUT2D eigenvalue weighted by Gasteiger charge is -2.32. The van der Waals surface area contributed by atoms with Crippen LogP contribution in [0.15, 0.2) is 4.99 Å². The van der Waals surface area contributed by atoms with Gasteiger partial charge < -0.3 is 43.4 Å². The fourth-order valence-corrected chi connectivity index (χ4v) is 5.85. The fraction of sp³-hybridized carbons (Fsp3) is 0.794. The molecule has 0 bridgehead atoms. The third-order valence-electron chi connectivity index (χ3n) is 8.63. The van der Waals surface area contributed by atoms with Crippen molar-refractivity contribution in [3.8, 4) is 0 Å². The van der Waals surface area contributed by atoms with Crippen LogP contribution in [-0.2, 0) is 28.8 Å². The second-order valence-electron chi connectivity index (χ2n) is 14.2. The van der Waals surface area contributed by atoms with Gasteiger partial charge in [0.25, 0.3) is 0 Å². The number of rotatable bonds is 22. The average molecular weight is 694 g/mol. The first-order valence-electron chi connectivity index (χ1n) is 17.7. The second-order valence-corrected chi connectivity index (χ2v) is 14.2. The highest BCUT2D eigenvalue weighted by molar-refractivity contribution is 5.97. The van der Waals surface area contributed by atoms with Crippen molar-refractivity contribution in [3.05, 3.63) is 0 Å². The molecule has 0 aliphatic carbocycles. The van der Waals surface area contributed by atoms with E-state index < -0.39 is 59.8 Å². The highest BCUT2D eigenvalue weighted by Crippen LogP contribution is 2.21. The van der Waals surface area contributed by atoms with Crippen LogP contribution in [0.4, 0.5) is 0 Å². The molecule has 0 radical (unpaired) electrons. The lowest BCUT2D eigenvalue weighted by Crippen LogP contribution is -2.59. The molecule has 0 unspecified atom stereocenters. The summed E-state index contributed by atoms with van der Waals surface area (Å²) in [6.07, 6.45) is 2.87. The quantitative estimate of drug-likeness (QED) is 0.0472. The summed E-state index contributed by atoms with van der Waals surface area (Å²) in [5.41, 5.74) is 16.2. The summed E-state index contributed by atoms with van der Waals surface area (Å²) in [7, 11) is 0. The number of nitrogens with two attached hydrogens (primary N) is 3. The van der Waals surface area contributed by atoms with Crippen molar-refractivity contribution >= 4 is 41.3 Å². The lowest BCUT2D eigenvalue weighted by molar-refractivity contribution is -0.143. The van der Waals surface area contributed by atoms with E-state index in [4.69, 9.17) is 17.2 Å². The van der Waals surface area contributed by atoms with E-state index >= 15 is 0 Å². The number of guanidine groups is 1. The number of likely N-dealkylation sites (tertiary alicyclic amines) is 1. The topological polar surface area (TPSA) is 244 Å². The molecule has 5 amide bonds. The maximum Gasteiger partial charge on any atom is 0.245 e. The number of amides is 5. The molecule has 280 valence electrons. The number of aliphatic imine (C=N–C) groups is 1. The molecule has 0 aromatic carbocycles. The van der Waals surface area contributed by atoms with Gasteiger partial charge in [-0.3, -0.25) is 33.8 Å². The number of hydrogen-bond donors (Lipinski definition) is 7. The van der Waals surface area contributed by atoms with Crippen LogP contribution in [0.25, 0.3) is 0 Å². The Balaban J connectivity index is 3.31. The second kappa shape index (κ2) is 21.4. The minimum Gasteiger partial charge on any atom is -0.370 e. The predicted octanol–water partition coefficient (Wildman–Crippen LogP) is 0.435. The van der Waals surface area contributed by atoms with Crippen molar-refractivity contribution in [3.63, 3.8) is 0 Å². The molecule has 0 saturated carbocycles. The van der Waals surface area contributed by atoms with Crippen LogP contribution >= 0.6 is 0 Å². The van der Waals surface area contributed by atoms with E-state index in [2.05, 4.69) is 26.3 Å². The Kier molecular flexibility index (Phi) is 18.9. The summed E-state index contributed by atoms with van der Waals surface area (Å²) in [4.78, 5) is 84.8. The molecule has 0 aromatic heterocycles. The molecule has 1 fully saturated rings. The molecule has 1 aliphatic heterocycles. The van der Waals surface area contributed by atoms with E-state index in [1.165, 1.54) is 4.90 Å². The van der Waals surface area contributed by atoms with E-state index in [0.29, 0.717) is 38.6 Å². The van der Waals surface area contributed by atoms with Crippen molar-refractivity contribution in [2.45, 2.75) is 143 Å². The maximum atomic E-state index is 14.1. The molecule has 15 nitrogen and oxygen atoms in total. The summed E-state index contributed by atoms with van der Waals surface area (Å²) >= 11 is 0. The van der Waals surface area contributed by atoms with Gasteiger partial charge in [-0.2, -0.15) is 0 Å². The van der Waals surface area contributed by atoms with Crippen LogP contribution < -0.4 is 38.5 Å². The Labute approximate surface area is 292 Å². The number of carbonyl (C=O) groups excluding carboxylic acids is 6. The highest BCUT2D eigenvalue weighted by atomic mass is 16.2. The van der Waals surface area contributed by atoms with Crippen molar-refractivity contribution in [2.75, 3.05) is 13.1 Å². The van der Waals surface area contributed by atoms with Gasteiger partial charge in [0.1, 0.15) is 18.1 Å². The average Bonchev–Trinajstić information content (AvgIpc) is 3.50. The number of primary amides is 1. The third-order valence-corrected chi connectivity index (χ3v) is 8.63. The smallest absolute Gasteiger partial charge is 0.245 e. The largest absolute Gasteiger partial charge is 0.370 e. The van der Waals surface area contributed by atoms with Gasteiger partial charge in [-0.1, -0.05) is 61.8 Å². The number of carbonyl (C=O) groups is 6. The zero-order chi connectivity index (χ0) is 37.4. The Morgan fingerprint density at radius 1 is 0.837 bits per heavy atom. The number of nitrogens with one attached hydrogen (secondary N) is 4. The summed E-state index contributed by atoms with van der Waals surface area (Å²) in [5, 5.41) is 11.8. The van der Waals surface area contributed by atoms with Crippen molar-refractivity contribution in [1.29, 1.82) is 0 Å². The van der Waals surface area contributed by atoms with Crippen LogP contribution in [0.5, 0.6) is 0 Å². The van der Waals surface area contributed by atoms with Gasteiger partial charge in [-0.05, 0) is 50.4 Å². The first-order valence-corrected chi connectivity index (χ1v) is 17.7. The first kappa shape index (κ1) is 43.3. The SMILES string of the molecule is CC[C@H](C)[C@H](NC(C)C)C(=O)N[C@@H](CC(C)C)C(=O)N[C@@H](CCCCN=C(N)N)C(=O)N1CCC[C@H]1C(=O)N[C@@H](CC(N)=O)C(=O)C(C)C. The van der Waals surface area contributed by atoms with Gasteiger partial charge in [-0.25, -0.2) is 0 Å². The molecule has 1 rings (SSSR count). The van der Waals surface area contributed by atoms with E-state index in [0.717, 1.165) is 6.42 Å². The number of Topliss-reactive ketones (excluding diaryl/α,β-unsaturated/α-hetero) is 1. The number of hydrogen-bond acceptors (Lipinski definition) is 8. The van der Waals surface area contributed by atoms with Gasteiger partial charge in [0.2, 0.25) is 29.5 Å². The lowest BCUT2D eigenvalue weighted by atomic mass is 9.96. The van der Waals surface area contributed by atoms with Gasteiger partial charge in [0.05, 0.1) is 18.5 Å². The Hall–Kier alpha value is -3.75. The van der Waals surface area contributed by atoms with Crippen LogP contribution in [-0.4, -0.2) is 95.5 Å². The first-order chi connectivity index (χ1) is 22.9. The number of nitrogens with zero attached hydrogens (tertiary/aromatic N) is 2. The van der Waals surface area contributed by atoms with E-state index in [1.807, 2.05) is 41.5 Å². The summed E-state index contributed by atoms with van der Waals surface area (Å²) in [6, 6.07) is -4.40. The Morgan fingerprint density at radius 2 is 1.47 bits per heavy atom. The van der Waals surface area contributed by atoms with Crippen molar-refractivity contribution < 1.29 is 28.8 Å². The molecule has 1 heterocycles. The van der Waals surface area contributed by atoms with E-state index in [9.17, 15) is 28.8 Å². The minimum absolute atomic E-state index is 0.0151. The molecule has 49 heavy (non-hydrogen) atoms.